The van der Waals surface area contributed by atoms with Crippen LogP contribution in [0.1, 0.15) is 67.8 Å². The van der Waals surface area contributed by atoms with Gasteiger partial charge in [0.05, 0.1) is 18.8 Å². The third-order valence-corrected chi connectivity index (χ3v) is 6.05. The molecule has 0 amide bonds. The van der Waals surface area contributed by atoms with Gasteiger partial charge in [0.2, 0.25) is 0 Å². The van der Waals surface area contributed by atoms with Crippen LogP contribution in [0.4, 0.5) is 11.4 Å². The molecule has 3 aromatic carbocycles. The predicted molar refractivity (Wildman–Crippen MR) is 162 cm³/mol. The lowest BCUT2D eigenvalue weighted by atomic mass is 10.2. The molecule has 9 nitrogen and oxygen atoms in total. The summed E-state index contributed by atoms with van der Waals surface area (Å²) in [5.41, 5.74) is 13.2. The van der Waals surface area contributed by atoms with Gasteiger partial charge in [-0.1, -0.05) is 31.9 Å². The van der Waals surface area contributed by atoms with E-state index in [2.05, 4.69) is 6.92 Å². The molecule has 0 fully saturated rings. The molecule has 0 unspecified atom stereocenters. The molecule has 0 aliphatic rings. The molecule has 4 N–H and O–H groups in total. The van der Waals surface area contributed by atoms with Gasteiger partial charge in [0.15, 0.2) is 0 Å². The van der Waals surface area contributed by atoms with E-state index < -0.39 is 11.9 Å². The molecule has 0 aliphatic heterocycles. The van der Waals surface area contributed by atoms with E-state index >= 15 is 0 Å². The fourth-order valence-corrected chi connectivity index (χ4v) is 3.88. The van der Waals surface area contributed by atoms with Crippen molar-refractivity contribution in [2.45, 2.75) is 51.9 Å². The number of esters is 3. The Morgan fingerprint density at radius 2 is 1.33 bits per heavy atom. The highest BCUT2D eigenvalue weighted by Crippen LogP contribution is 2.19. The molecule has 3 rings (SSSR count). The SMILES string of the molecule is CCCCCOc1ccc(OC(=O)/C=C/c2ccc(OC(=O)CCCCCOC(=O)c3cc(N)cc(N)c3)cc2)cc1. The fraction of sp³-hybridized carbons (Fsp3) is 0.303. The molecular weight excluding hydrogens is 536 g/mol. The molecule has 0 spiro atoms. The summed E-state index contributed by atoms with van der Waals surface area (Å²) in [5.74, 6) is 0.224. The Hall–Kier alpha value is -4.79. The summed E-state index contributed by atoms with van der Waals surface area (Å²) in [6, 6.07) is 18.3. The summed E-state index contributed by atoms with van der Waals surface area (Å²) in [5, 5.41) is 0. The van der Waals surface area contributed by atoms with E-state index in [0.29, 0.717) is 54.3 Å². The summed E-state index contributed by atoms with van der Waals surface area (Å²) in [4.78, 5) is 36.4. The summed E-state index contributed by atoms with van der Waals surface area (Å²) in [7, 11) is 0. The number of hydrogen-bond acceptors (Lipinski definition) is 9. The summed E-state index contributed by atoms with van der Waals surface area (Å²) in [6.45, 7) is 3.03. The fourth-order valence-electron chi connectivity index (χ4n) is 3.88. The van der Waals surface area contributed by atoms with Gasteiger partial charge in [0.25, 0.3) is 0 Å². The second-order valence-electron chi connectivity index (χ2n) is 9.66. The van der Waals surface area contributed by atoms with E-state index in [1.807, 2.05) is 0 Å². The van der Waals surface area contributed by atoms with Crippen LogP contribution < -0.4 is 25.7 Å². The molecule has 9 heteroatoms. The molecule has 3 aromatic rings. The minimum atomic E-state index is -0.508. The average Bonchev–Trinajstić information content (AvgIpc) is 2.97. The largest absolute Gasteiger partial charge is 0.494 e. The molecule has 0 heterocycles. The lowest BCUT2D eigenvalue weighted by Gasteiger charge is -2.07. The first-order valence-electron chi connectivity index (χ1n) is 14.1. The van der Waals surface area contributed by atoms with Crippen molar-refractivity contribution in [3.63, 3.8) is 0 Å². The summed E-state index contributed by atoms with van der Waals surface area (Å²) >= 11 is 0. The van der Waals surface area contributed by atoms with Crippen LogP contribution in [0.2, 0.25) is 0 Å². The van der Waals surface area contributed by atoms with Gasteiger partial charge in [-0.3, -0.25) is 4.79 Å². The number of carbonyl (C=O) groups excluding carboxylic acids is 3. The monoisotopic (exact) mass is 574 g/mol. The van der Waals surface area contributed by atoms with E-state index in [-0.39, 0.29) is 19.0 Å². The smallest absolute Gasteiger partial charge is 0.338 e. The number of benzene rings is 3. The second-order valence-corrected chi connectivity index (χ2v) is 9.66. The molecule has 0 atom stereocenters. The average molecular weight is 575 g/mol. The van der Waals surface area contributed by atoms with Crippen molar-refractivity contribution in [3.05, 3.63) is 83.9 Å². The third-order valence-electron chi connectivity index (χ3n) is 6.05. The van der Waals surface area contributed by atoms with Gasteiger partial charge in [-0.05, 0) is 91.9 Å². The molecule has 0 saturated carbocycles. The zero-order valence-corrected chi connectivity index (χ0v) is 23.9. The van der Waals surface area contributed by atoms with Gasteiger partial charge >= 0.3 is 17.9 Å². The van der Waals surface area contributed by atoms with Gasteiger partial charge < -0.3 is 30.4 Å². The van der Waals surface area contributed by atoms with Crippen molar-refractivity contribution >= 4 is 35.4 Å². The minimum absolute atomic E-state index is 0.228. The van der Waals surface area contributed by atoms with E-state index in [1.165, 1.54) is 18.2 Å². The van der Waals surface area contributed by atoms with Crippen molar-refractivity contribution in [1.82, 2.24) is 0 Å². The number of rotatable bonds is 16. The number of hydrogen-bond donors (Lipinski definition) is 2. The maximum absolute atomic E-state index is 12.2. The zero-order valence-electron chi connectivity index (χ0n) is 23.9. The predicted octanol–water partition coefficient (Wildman–Crippen LogP) is 6.36. The van der Waals surface area contributed by atoms with Crippen LogP contribution >= 0.6 is 0 Å². The van der Waals surface area contributed by atoms with Crippen molar-refractivity contribution in [2.75, 3.05) is 24.7 Å². The molecule has 0 aliphatic carbocycles. The van der Waals surface area contributed by atoms with Gasteiger partial charge in [0.1, 0.15) is 17.2 Å². The topological polar surface area (TPSA) is 140 Å². The first kappa shape index (κ1) is 31.7. The van der Waals surface area contributed by atoms with Crippen LogP contribution in [-0.4, -0.2) is 31.1 Å². The molecule has 0 saturated heterocycles. The van der Waals surface area contributed by atoms with Gasteiger partial charge in [-0.2, -0.15) is 0 Å². The molecule has 0 radical (unpaired) electrons. The number of carbonyl (C=O) groups is 3. The first-order chi connectivity index (χ1) is 20.3. The third kappa shape index (κ3) is 11.8. The van der Waals surface area contributed by atoms with E-state index in [4.69, 9.17) is 30.4 Å². The Morgan fingerprint density at radius 3 is 2.02 bits per heavy atom. The van der Waals surface area contributed by atoms with Crippen molar-refractivity contribution in [3.8, 4) is 17.2 Å². The maximum Gasteiger partial charge on any atom is 0.338 e. The molecule has 222 valence electrons. The second kappa shape index (κ2) is 17.1. The van der Waals surface area contributed by atoms with Crippen LogP contribution in [0.25, 0.3) is 6.08 Å². The lowest BCUT2D eigenvalue weighted by Crippen LogP contribution is -2.09. The molecular formula is C33H38N2O7. The van der Waals surface area contributed by atoms with Crippen molar-refractivity contribution in [1.29, 1.82) is 0 Å². The Morgan fingerprint density at radius 1 is 0.714 bits per heavy atom. The molecule has 0 bridgehead atoms. The quantitative estimate of drug-likeness (QED) is 0.0657. The molecule has 42 heavy (non-hydrogen) atoms. The van der Waals surface area contributed by atoms with Crippen LogP contribution in [-0.2, 0) is 14.3 Å². The van der Waals surface area contributed by atoms with Crippen molar-refractivity contribution < 1.29 is 33.3 Å². The van der Waals surface area contributed by atoms with Crippen LogP contribution in [0.15, 0.2) is 72.8 Å². The van der Waals surface area contributed by atoms with Crippen LogP contribution in [0, 0.1) is 0 Å². The Kier molecular flexibility index (Phi) is 12.9. The van der Waals surface area contributed by atoms with Crippen molar-refractivity contribution in [2.24, 2.45) is 0 Å². The van der Waals surface area contributed by atoms with E-state index in [0.717, 1.165) is 30.6 Å². The lowest BCUT2D eigenvalue weighted by molar-refractivity contribution is -0.134. The number of ether oxygens (including phenoxy) is 4. The van der Waals surface area contributed by atoms with Crippen LogP contribution in [0.5, 0.6) is 17.2 Å². The number of nitrogen functional groups attached to an aromatic ring is 2. The molecule has 0 aromatic heterocycles. The number of unbranched alkanes of at least 4 members (excludes halogenated alkanes) is 4. The maximum atomic E-state index is 12.2. The van der Waals surface area contributed by atoms with Gasteiger partial charge in [-0.25, -0.2) is 9.59 Å². The zero-order chi connectivity index (χ0) is 30.2. The Labute approximate surface area is 246 Å². The Bertz CT molecular complexity index is 1320. The highest BCUT2D eigenvalue weighted by molar-refractivity contribution is 5.91. The highest BCUT2D eigenvalue weighted by atomic mass is 16.5. The number of anilines is 2. The first-order valence-corrected chi connectivity index (χ1v) is 14.1. The minimum Gasteiger partial charge on any atom is -0.494 e. The number of nitrogens with two attached hydrogens (primary N) is 2. The van der Waals surface area contributed by atoms with E-state index in [9.17, 15) is 14.4 Å². The normalized spacial score (nSPS) is 10.8. The summed E-state index contributed by atoms with van der Waals surface area (Å²) < 4.78 is 21.6. The van der Waals surface area contributed by atoms with Gasteiger partial charge in [-0.15, -0.1) is 0 Å². The van der Waals surface area contributed by atoms with E-state index in [1.54, 1.807) is 60.7 Å². The summed E-state index contributed by atoms with van der Waals surface area (Å²) in [6.07, 6.45) is 8.36. The van der Waals surface area contributed by atoms with Crippen LogP contribution in [0.3, 0.4) is 0 Å². The standard InChI is InChI=1S/C33H38N2O7/c1-2-3-6-19-39-28-14-16-30(17-15-28)42-32(37)18-11-24-9-12-29(13-10-24)41-31(36)8-5-4-7-20-40-33(38)25-21-26(34)23-27(35)22-25/h9-18,21-23H,2-8,19-20,34-35H2,1H3/b18-11+. The Balaban J connectivity index is 1.30. The van der Waals surface area contributed by atoms with Gasteiger partial charge in [0, 0.05) is 23.9 Å². The highest BCUT2D eigenvalue weighted by Gasteiger charge is 2.09.